The van der Waals surface area contributed by atoms with E-state index in [1.165, 1.54) is 12.1 Å². The molecular formula is C14H17FN4O2. The first-order valence-electron chi connectivity index (χ1n) is 6.70. The van der Waals surface area contributed by atoms with Gasteiger partial charge in [0.15, 0.2) is 5.82 Å². The zero-order valence-electron chi connectivity index (χ0n) is 11.9. The van der Waals surface area contributed by atoms with E-state index in [0.717, 1.165) is 5.56 Å². The number of aliphatic carboxylic acids is 1. The van der Waals surface area contributed by atoms with Gasteiger partial charge in [-0.05, 0) is 34.0 Å². The summed E-state index contributed by atoms with van der Waals surface area (Å²) in [5.41, 5.74) is 0.866. The number of benzene rings is 1. The maximum absolute atomic E-state index is 12.9. The first-order valence-corrected chi connectivity index (χ1v) is 6.70. The third-order valence-corrected chi connectivity index (χ3v) is 3.30. The van der Waals surface area contributed by atoms with Crippen molar-refractivity contribution < 1.29 is 14.3 Å². The molecule has 2 rings (SSSR count). The molecule has 7 heteroatoms. The first-order chi connectivity index (χ1) is 9.97. The van der Waals surface area contributed by atoms with E-state index < -0.39 is 5.97 Å². The van der Waals surface area contributed by atoms with E-state index in [1.807, 2.05) is 13.8 Å². The fourth-order valence-corrected chi connectivity index (χ4v) is 2.15. The van der Waals surface area contributed by atoms with Crippen LogP contribution in [0.1, 0.15) is 37.7 Å². The van der Waals surface area contributed by atoms with Crippen molar-refractivity contribution in [2.75, 3.05) is 0 Å². The molecule has 1 N–H and O–H groups in total. The largest absolute Gasteiger partial charge is 0.481 e. The molecule has 0 aliphatic heterocycles. The number of halogens is 1. The van der Waals surface area contributed by atoms with Crippen LogP contribution in [0.2, 0.25) is 0 Å². The molecule has 0 spiro atoms. The summed E-state index contributed by atoms with van der Waals surface area (Å²) in [6.07, 6.45) is 0.384. The summed E-state index contributed by atoms with van der Waals surface area (Å²) in [5.74, 6) is -0.542. The molecule has 0 aliphatic rings. The number of carboxylic acid groups (broad SMARTS) is 1. The number of tetrazole rings is 1. The van der Waals surface area contributed by atoms with Gasteiger partial charge in [-0.2, -0.15) is 0 Å². The molecule has 0 saturated heterocycles. The van der Waals surface area contributed by atoms with Gasteiger partial charge in [-0.1, -0.05) is 26.0 Å². The van der Waals surface area contributed by atoms with Gasteiger partial charge in [0, 0.05) is 6.42 Å². The van der Waals surface area contributed by atoms with Crippen LogP contribution in [0.5, 0.6) is 0 Å². The Balaban J connectivity index is 2.24. The lowest BCUT2D eigenvalue weighted by atomic mass is 10.0. The minimum absolute atomic E-state index is 0.0425. The summed E-state index contributed by atoms with van der Waals surface area (Å²) in [5, 5.41) is 20.5. The van der Waals surface area contributed by atoms with E-state index in [1.54, 1.807) is 16.8 Å². The van der Waals surface area contributed by atoms with Gasteiger partial charge >= 0.3 is 5.97 Å². The molecule has 0 radical (unpaired) electrons. The molecule has 1 unspecified atom stereocenters. The highest BCUT2D eigenvalue weighted by atomic mass is 19.1. The summed E-state index contributed by atoms with van der Waals surface area (Å²) >= 11 is 0. The third kappa shape index (κ3) is 3.84. The Morgan fingerprint density at radius 3 is 2.57 bits per heavy atom. The maximum atomic E-state index is 12.9. The second kappa shape index (κ2) is 6.43. The Labute approximate surface area is 121 Å². The number of carboxylic acids is 1. The standard InChI is InChI=1S/C14H17FN4O2/c1-9(2)12(8-14(20)21)19-13(16-17-18-19)7-10-3-5-11(15)6-4-10/h3-6,9,12H,7-8H2,1-2H3,(H,20,21). The van der Waals surface area contributed by atoms with E-state index >= 15 is 0 Å². The third-order valence-electron chi connectivity index (χ3n) is 3.30. The predicted octanol–water partition coefficient (Wildman–Crippen LogP) is 2.07. The Kier molecular flexibility index (Phi) is 4.62. The SMILES string of the molecule is CC(C)C(CC(=O)O)n1nnnc1Cc1ccc(F)cc1. The van der Waals surface area contributed by atoms with Crippen molar-refractivity contribution in [3.8, 4) is 0 Å². The van der Waals surface area contributed by atoms with Gasteiger partial charge in [0.05, 0.1) is 12.5 Å². The molecule has 0 amide bonds. The van der Waals surface area contributed by atoms with Gasteiger partial charge in [0.2, 0.25) is 0 Å². The smallest absolute Gasteiger partial charge is 0.305 e. The summed E-state index contributed by atoms with van der Waals surface area (Å²) in [4.78, 5) is 11.0. The fourth-order valence-electron chi connectivity index (χ4n) is 2.15. The van der Waals surface area contributed by atoms with E-state index in [9.17, 15) is 9.18 Å². The van der Waals surface area contributed by atoms with Crippen LogP contribution < -0.4 is 0 Å². The lowest BCUT2D eigenvalue weighted by Gasteiger charge is -2.20. The van der Waals surface area contributed by atoms with Crippen molar-refractivity contribution in [3.05, 3.63) is 41.5 Å². The molecule has 21 heavy (non-hydrogen) atoms. The minimum atomic E-state index is -0.892. The van der Waals surface area contributed by atoms with Crippen LogP contribution in [-0.4, -0.2) is 31.3 Å². The molecule has 112 valence electrons. The lowest BCUT2D eigenvalue weighted by Crippen LogP contribution is -2.22. The molecule has 1 heterocycles. The Hall–Kier alpha value is -2.31. The van der Waals surface area contributed by atoms with Crippen LogP contribution >= 0.6 is 0 Å². The van der Waals surface area contributed by atoms with Gasteiger partial charge in [-0.15, -0.1) is 5.10 Å². The molecule has 1 aromatic heterocycles. The number of aromatic nitrogens is 4. The average Bonchev–Trinajstić information content (AvgIpc) is 2.86. The summed E-state index contributed by atoms with van der Waals surface area (Å²) in [6, 6.07) is 5.76. The quantitative estimate of drug-likeness (QED) is 0.881. The van der Waals surface area contributed by atoms with E-state index in [4.69, 9.17) is 5.11 Å². The minimum Gasteiger partial charge on any atom is -0.481 e. The van der Waals surface area contributed by atoms with E-state index in [2.05, 4.69) is 15.5 Å². The Morgan fingerprint density at radius 2 is 2.00 bits per heavy atom. The molecule has 1 atom stereocenters. The zero-order chi connectivity index (χ0) is 15.4. The molecule has 1 aromatic carbocycles. The van der Waals surface area contributed by atoms with E-state index in [0.29, 0.717) is 12.2 Å². The van der Waals surface area contributed by atoms with Crippen LogP contribution in [-0.2, 0) is 11.2 Å². The van der Waals surface area contributed by atoms with Crippen LogP contribution in [0.4, 0.5) is 4.39 Å². The molecule has 6 nitrogen and oxygen atoms in total. The zero-order valence-corrected chi connectivity index (χ0v) is 11.9. The summed E-state index contributed by atoms with van der Waals surface area (Å²) < 4.78 is 14.5. The van der Waals surface area contributed by atoms with Crippen molar-refractivity contribution in [2.24, 2.45) is 5.92 Å². The molecule has 0 saturated carbocycles. The molecular weight excluding hydrogens is 275 g/mol. The van der Waals surface area contributed by atoms with Crippen molar-refractivity contribution in [1.29, 1.82) is 0 Å². The van der Waals surface area contributed by atoms with Gasteiger partial charge in [-0.25, -0.2) is 9.07 Å². The second-order valence-corrected chi connectivity index (χ2v) is 5.25. The number of carbonyl (C=O) groups is 1. The molecule has 0 aliphatic carbocycles. The average molecular weight is 292 g/mol. The highest BCUT2D eigenvalue weighted by Gasteiger charge is 2.23. The molecule has 0 fully saturated rings. The highest BCUT2D eigenvalue weighted by Crippen LogP contribution is 2.22. The van der Waals surface area contributed by atoms with Crippen molar-refractivity contribution >= 4 is 5.97 Å². The molecule has 2 aromatic rings. The second-order valence-electron chi connectivity index (χ2n) is 5.25. The van der Waals surface area contributed by atoms with Crippen LogP contribution in [0.25, 0.3) is 0 Å². The van der Waals surface area contributed by atoms with Crippen molar-refractivity contribution in [1.82, 2.24) is 20.2 Å². The first kappa shape index (κ1) is 15.1. The number of rotatable bonds is 6. The van der Waals surface area contributed by atoms with Gasteiger partial charge in [-0.3, -0.25) is 4.79 Å². The van der Waals surface area contributed by atoms with Crippen LogP contribution in [0.3, 0.4) is 0 Å². The highest BCUT2D eigenvalue weighted by molar-refractivity contribution is 5.67. The summed E-state index contributed by atoms with van der Waals surface area (Å²) in [7, 11) is 0. The maximum Gasteiger partial charge on any atom is 0.305 e. The van der Waals surface area contributed by atoms with Gasteiger partial charge < -0.3 is 5.11 Å². The Bertz CT molecular complexity index is 610. The number of nitrogens with zero attached hydrogens (tertiary/aromatic N) is 4. The number of hydrogen-bond acceptors (Lipinski definition) is 4. The number of hydrogen-bond donors (Lipinski definition) is 1. The van der Waals surface area contributed by atoms with E-state index in [-0.39, 0.29) is 24.2 Å². The van der Waals surface area contributed by atoms with Gasteiger partial charge in [0.1, 0.15) is 5.82 Å². The van der Waals surface area contributed by atoms with Crippen LogP contribution in [0.15, 0.2) is 24.3 Å². The normalized spacial score (nSPS) is 12.6. The van der Waals surface area contributed by atoms with Crippen LogP contribution in [0, 0.1) is 11.7 Å². The lowest BCUT2D eigenvalue weighted by molar-refractivity contribution is -0.138. The van der Waals surface area contributed by atoms with Gasteiger partial charge in [0.25, 0.3) is 0 Å². The topological polar surface area (TPSA) is 80.9 Å². The predicted molar refractivity (Wildman–Crippen MR) is 73.2 cm³/mol. The van der Waals surface area contributed by atoms with Crippen molar-refractivity contribution in [3.63, 3.8) is 0 Å². The monoisotopic (exact) mass is 292 g/mol. The Morgan fingerprint density at radius 1 is 1.33 bits per heavy atom. The van der Waals surface area contributed by atoms with Crippen molar-refractivity contribution in [2.45, 2.75) is 32.7 Å². The fraction of sp³-hybridized carbons (Fsp3) is 0.429. The summed E-state index contributed by atoms with van der Waals surface area (Å²) in [6.45, 7) is 3.86. The molecule has 0 bridgehead atoms.